The topological polar surface area (TPSA) is 113 Å². The number of hydrogen-bond donors (Lipinski definition) is 0. The van der Waals surface area contributed by atoms with Crippen LogP contribution < -0.4 is 10.3 Å². The fourth-order valence-corrected chi connectivity index (χ4v) is 4.10. The molecule has 36 heavy (non-hydrogen) atoms. The van der Waals surface area contributed by atoms with Crippen molar-refractivity contribution in [3.05, 3.63) is 110 Å². The number of benzene rings is 3. The quantitative estimate of drug-likeness (QED) is 0.109. The molecule has 0 N–H and O–H groups in total. The van der Waals surface area contributed by atoms with Crippen LogP contribution in [-0.4, -0.2) is 27.4 Å². The lowest BCUT2D eigenvalue weighted by Crippen LogP contribution is -2.20. The van der Waals surface area contributed by atoms with Gasteiger partial charge in [-0.3, -0.25) is 14.9 Å². The van der Waals surface area contributed by atoms with Crippen molar-refractivity contribution in [3.63, 3.8) is 0 Å². The van der Waals surface area contributed by atoms with Crippen LogP contribution in [0.15, 0.2) is 98.2 Å². The van der Waals surface area contributed by atoms with Gasteiger partial charge in [-0.05, 0) is 42.5 Å². The average molecular weight is 545 g/mol. The Morgan fingerprint density at radius 2 is 2.00 bits per heavy atom. The summed E-state index contributed by atoms with van der Waals surface area (Å²) in [5, 5.41) is 17.1. The molecule has 5 rings (SSSR count). The molecule has 0 spiro atoms. The van der Waals surface area contributed by atoms with Gasteiger partial charge >= 0.3 is 5.69 Å². The SMILES string of the molecule is C=CCOc1c(C=Nn2c(-c3cc4cc(Br)ccc4o3)nc3ccccc3c2=O)cccc1[N+](=O)[O-]. The first-order valence-corrected chi connectivity index (χ1v) is 11.5. The van der Waals surface area contributed by atoms with Crippen molar-refractivity contribution in [2.75, 3.05) is 6.61 Å². The number of fused-ring (bicyclic) bond motifs is 2. The van der Waals surface area contributed by atoms with Crippen molar-refractivity contribution >= 4 is 49.7 Å². The van der Waals surface area contributed by atoms with Crippen molar-refractivity contribution in [1.82, 2.24) is 9.66 Å². The van der Waals surface area contributed by atoms with E-state index < -0.39 is 10.5 Å². The number of nitro benzene ring substituents is 1. The molecule has 0 saturated carbocycles. The van der Waals surface area contributed by atoms with Crippen LogP contribution in [0.1, 0.15) is 5.56 Å². The first-order valence-electron chi connectivity index (χ1n) is 10.7. The highest BCUT2D eigenvalue weighted by Gasteiger charge is 2.20. The van der Waals surface area contributed by atoms with Gasteiger partial charge in [0.05, 0.1) is 22.0 Å². The van der Waals surface area contributed by atoms with Gasteiger partial charge in [0, 0.05) is 21.5 Å². The van der Waals surface area contributed by atoms with E-state index in [2.05, 4.69) is 32.6 Å². The molecule has 178 valence electrons. The number of halogens is 1. The molecule has 0 bridgehead atoms. The molecule has 3 aromatic carbocycles. The van der Waals surface area contributed by atoms with Gasteiger partial charge in [0.15, 0.2) is 5.76 Å². The molecule has 0 saturated heterocycles. The van der Waals surface area contributed by atoms with E-state index in [1.807, 2.05) is 18.2 Å². The molecule has 0 aliphatic rings. The van der Waals surface area contributed by atoms with Crippen molar-refractivity contribution in [3.8, 4) is 17.3 Å². The van der Waals surface area contributed by atoms with Gasteiger partial charge in [-0.25, -0.2) is 4.98 Å². The van der Waals surface area contributed by atoms with E-state index in [1.54, 1.807) is 36.4 Å². The Hall–Kier alpha value is -4.57. The molecule has 2 heterocycles. The molecule has 0 radical (unpaired) electrons. The van der Waals surface area contributed by atoms with Crippen LogP contribution in [0.5, 0.6) is 5.75 Å². The Balaban J connectivity index is 1.71. The number of furan rings is 1. The highest BCUT2D eigenvalue weighted by molar-refractivity contribution is 9.10. The Kier molecular flexibility index (Phi) is 6.17. The average Bonchev–Trinajstić information content (AvgIpc) is 3.30. The third kappa shape index (κ3) is 4.29. The maximum atomic E-state index is 13.5. The maximum Gasteiger partial charge on any atom is 0.311 e. The van der Waals surface area contributed by atoms with Gasteiger partial charge in [-0.1, -0.05) is 46.8 Å². The van der Waals surface area contributed by atoms with E-state index >= 15 is 0 Å². The number of hydrogen-bond acceptors (Lipinski definition) is 7. The molecule has 0 aliphatic carbocycles. The van der Waals surface area contributed by atoms with Gasteiger partial charge in [0.1, 0.15) is 12.2 Å². The van der Waals surface area contributed by atoms with Crippen LogP contribution in [0.3, 0.4) is 0 Å². The third-order valence-electron chi connectivity index (χ3n) is 5.33. The van der Waals surface area contributed by atoms with E-state index in [0.717, 1.165) is 14.5 Å². The predicted octanol–water partition coefficient (Wildman–Crippen LogP) is 5.93. The summed E-state index contributed by atoms with van der Waals surface area (Å²) in [7, 11) is 0. The zero-order valence-corrected chi connectivity index (χ0v) is 20.2. The normalized spacial score (nSPS) is 11.4. The summed E-state index contributed by atoms with van der Waals surface area (Å²) in [5.41, 5.74) is 0.756. The lowest BCUT2D eigenvalue weighted by atomic mass is 10.2. The number of aromatic nitrogens is 2. The Morgan fingerprint density at radius 3 is 2.81 bits per heavy atom. The molecule has 9 nitrogen and oxygen atoms in total. The molecule has 5 aromatic rings. The largest absolute Gasteiger partial charge is 0.482 e. The van der Waals surface area contributed by atoms with Crippen LogP contribution >= 0.6 is 15.9 Å². The van der Waals surface area contributed by atoms with E-state index in [1.165, 1.54) is 24.4 Å². The van der Waals surface area contributed by atoms with Crippen molar-refractivity contribution < 1.29 is 14.1 Å². The smallest absolute Gasteiger partial charge is 0.311 e. The summed E-state index contributed by atoms with van der Waals surface area (Å²) in [6, 6.07) is 18.7. The molecular weight excluding hydrogens is 528 g/mol. The standard InChI is InChI=1S/C26H17BrN4O5/c1-2-12-35-24-16(6-5-9-21(24)31(33)34)15-28-30-25(29-20-8-4-3-7-19(20)26(30)32)23-14-17-13-18(27)10-11-22(17)36-23/h2-11,13-15H,1,12H2. The molecule has 2 aromatic heterocycles. The second-order valence-corrected chi connectivity index (χ2v) is 8.57. The minimum Gasteiger partial charge on any atom is -0.482 e. The predicted molar refractivity (Wildman–Crippen MR) is 141 cm³/mol. The van der Waals surface area contributed by atoms with Crippen LogP contribution in [-0.2, 0) is 0 Å². The van der Waals surface area contributed by atoms with E-state index in [0.29, 0.717) is 27.8 Å². The lowest BCUT2D eigenvalue weighted by molar-refractivity contribution is -0.385. The van der Waals surface area contributed by atoms with Gasteiger partial charge in [0.2, 0.25) is 11.6 Å². The monoisotopic (exact) mass is 544 g/mol. The second kappa shape index (κ2) is 9.59. The number of nitrogens with zero attached hydrogens (tertiary/aromatic N) is 4. The molecule has 0 aliphatic heterocycles. The molecule has 10 heteroatoms. The van der Waals surface area contributed by atoms with Gasteiger partial charge in [-0.2, -0.15) is 9.78 Å². The zero-order chi connectivity index (χ0) is 25.2. The Labute approximate surface area is 212 Å². The van der Waals surface area contributed by atoms with Crippen LogP contribution in [0.2, 0.25) is 0 Å². The van der Waals surface area contributed by atoms with E-state index in [9.17, 15) is 14.9 Å². The van der Waals surface area contributed by atoms with Crippen molar-refractivity contribution in [2.24, 2.45) is 5.10 Å². The minimum absolute atomic E-state index is 0.0167. The third-order valence-corrected chi connectivity index (χ3v) is 5.83. The summed E-state index contributed by atoms with van der Waals surface area (Å²) in [6.45, 7) is 3.65. The summed E-state index contributed by atoms with van der Waals surface area (Å²) in [4.78, 5) is 29.1. The highest BCUT2D eigenvalue weighted by Crippen LogP contribution is 2.31. The number of para-hydroxylation sites is 2. The van der Waals surface area contributed by atoms with E-state index in [-0.39, 0.29) is 23.9 Å². The number of nitro groups is 1. The number of rotatable bonds is 7. The van der Waals surface area contributed by atoms with Crippen LogP contribution in [0.4, 0.5) is 5.69 Å². The molecule has 0 fully saturated rings. The number of ether oxygens (including phenoxy) is 1. The molecule has 0 amide bonds. The fraction of sp³-hybridized carbons (Fsp3) is 0.0385. The molecule has 0 atom stereocenters. The van der Waals surface area contributed by atoms with Gasteiger partial charge < -0.3 is 9.15 Å². The van der Waals surface area contributed by atoms with Crippen LogP contribution in [0.25, 0.3) is 33.5 Å². The molecule has 0 unspecified atom stereocenters. The highest BCUT2D eigenvalue weighted by atomic mass is 79.9. The zero-order valence-electron chi connectivity index (χ0n) is 18.6. The summed E-state index contributed by atoms with van der Waals surface area (Å²) in [6.07, 6.45) is 2.81. The van der Waals surface area contributed by atoms with Crippen molar-refractivity contribution in [1.29, 1.82) is 0 Å². The van der Waals surface area contributed by atoms with Crippen molar-refractivity contribution in [2.45, 2.75) is 0 Å². The maximum absolute atomic E-state index is 13.5. The summed E-state index contributed by atoms with van der Waals surface area (Å²) < 4.78 is 13.5. The summed E-state index contributed by atoms with van der Waals surface area (Å²) in [5.74, 6) is 0.537. The van der Waals surface area contributed by atoms with Gasteiger partial charge in [0.25, 0.3) is 5.56 Å². The summed E-state index contributed by atoms with van der Waals surface area (Å²) >= 11 is 3.45. The Bertz CT molecular complexity index is 1740. The first-order chi connectivity index (χ1) is 17.5. The lowest BCUT2D eigenvalue weighted by Gasteiger charge is -2.09. The molecular formula is C26H17BrN4O5. The Morgan fingerprint density at radius 1 is 1.17 bits per heavy atom. The minimum atomic E-state index is -0.544. The fourth-order valence-electron chi connectivity index (χ4n) is 3.72. The van der Waals surface area contributed by atoms with Crippen LogP contribution in [0, 0.1) is 10.1 Å². The van der Waals surface area contributed by atoms with Gasteiger partial charge in [-0.15, -0.1) is 0 Å². The second-order valence-electron chi connectivity index (χ2n) is 7.66. The van der Waals surface area contributed by atoms with E-state index in [4.69, 9.17) is 9.15 Å². The first kappa shape index (κ1) is 23.2.